The van der Waals surface area contributed by atoms with Crippen LogP contribution < -0.4 is 9.47 Å². The van der Waals surface area contributed by atoms with Crippen molar-refractivity contribution in [3.8, 4) is 11.5 Å². The molecule has 4 aromatic carbocycles. The highest BCUT2D eigenvalue weighted by Crippen LogP contribution is 2.33. The van der Waals surface area contributed by atoms with Gasteiger partial charge in [-0.3, -0.25) is 8.42 Å². The predicted octanol–water partition coefficient (Wildman–Crippen LogP) is 4.93. The van der Waals surface area contributed by atoms with E-state index >= 15 is 0 Å². The molecular weight excluding hydrogens is 416 g/mol. The Morgan fingerprint density at radius 1 is 0.600 bits per heavy atom. The summed E-state index contributed by atoms with van der Waals surface area (Å²) < 4.78 is 37.5. The standard InChI is InChI=1S/C24H22O4S2/c1-27-21-13-11-17-7-3-5-9-19(17)23(21)29(25)15-16-30(26)24-20-10-6-4-8-18(20)12-14-22(24)28-2/h3-14H,15-16H2,1-2H3/t29-,30-/m1/s1. The van der Waals surface area contributed by atoms with Crippen LogP contribution in [-0.2, 0) is 21.6 Å². The fraction of sp³-hybridized carbons (Fsp3) is 0.167. The highest BCUT2D eigenvalue weighted by Gasteiger charge is 2.19. The number of methoxy groups -OCH3 is 2. The van der Waals surface area contributed by atoms with Crippen LogP contribution in [0.1, 0.15) is 0 Å². The van der Waals surface area contributed by atoms with Crippen molar-refractivity contribution in [2.75, 3.05) is 25.7 Å². The quantitative estimate of drug-likeness (QED) is 0.411. The van der Waals surface area contributed by atoms with Crippen molar-refractivity contribution < 1.29 is 17.9 Å². The van der Waals surface area contributed by atoms with Crippen molar-refractivity contribution in [1.29, 1.82) is 0 Å². The maximum Gasteiger partial charge on any atom is 0.135 e. The summed E-state index contributed by atoms with van der Waals surface area (Å²) >= 11 is 0. The van der Waals surface area contributed by atoms with Crippen LogP contribution in [0.5, 0.6) is 11.5 Å². The lowest BCUT2D eigenvalue weighted by Crippen LogP contribution is -2.11. The molecule has 0 aromatic heterocycles. The Balaban J connectivity index is 1.65. The molecule has 0 bridgehead atoms. The first-order valence-corrected chi connectivity index (χ1v) is 12.2. The summed E-state index contributed by atoms with van der Waals surface area (Å²) in [5.74, 6) is 1.67. The van der Waals surface area contributed by atoms with E-state index in [4.69, 9.17) is 9.47 Å². The van der Waals surface area contributed by atoms with Gasteiger partial charge < -0.3 is 9.47 Å². The van der Waals surface area contributed by atoms with E-state index in [9.17, 15) is 8.42 Å². The molecule has 154 valence electrons. The van der Waals surface area contributed by atoms with E-state index in [1.165, 1.54) is 0 Å². The highest BCUT2D eigenvalue weighted by molar-refractivity contribution is 7.89. The van der Waals surface area contributed by atoms with E-state index < -0.39 is 21.6 Å². The van der Waals surface area contributed by atoms with Crippen LogP contribution in [-0.4, -0.2) is 34.1 Å². The van der Waals surface area contributed by atoms with Gasteiger partial charge in [-0.2, -0.15) is 0 Å². The van der Waals surface area contributed by atoms with Crippen LogP contribution in [0.25, 0.3) is 21.5 Å². The molecule has 4 aromatic rings. The molecule has 2 atom stereocenters. The molecule has 6 heteroatoms. The second-order valence-corrected chi connectivity index (χ2v) is 9.75. The molecule has 0 radical (unpaired) electrons. The third kappa shape index (κ3) is 3.85. The average molecular weight is 439 g/mol. The lowest BCUT2D eigenvalue weighted by atomic mass is 10.1. The fourth-order valence-corrected chi connectivity index (χ4v) is 6.83. The largest absolute Gasteiger partial charge is 0.495 e. The molecular formula is C24H22O4S2. The molecule has 4 nitrogen and oxygen atoms in total. The smallest absolute Gasteiger partial charge is 0.135 e. The Morgan fingerprint density at radius 2 is 1.00 bits per heavy atom. The number of hydrogen-bond acceptors (Lipinski definition) is 4. The number of rotatable bonds is 7. The van der Waals surface area contributed by atoms with Gasteiger partial charge >= 0.3 is 0 Å². The van der Waals surface area contributed by atoms with Crippen LogP contribution in [0.4, 0.5) is 0 Å². The van der Waals surface area contributed by atoms with E-state index in [1.807, 2.05) is 72.8 Å². The van der Waals surface area contributed by atoms with Crippen molar-refractivity contribution in [2.24, 2.45) is 0 Å². The molecule has 0 aliphatic rings. The first kappa shape index (κ1) is 20.6. The summed E-state index contributed by atoms with van der Waals surface area (Å²) in [7, 11) is 0.417. The van der Waals surface area contributed by atoms with Crippen molar-refractivity contribution in [1.82, 2.24) is 0 Å². The zero-order valence-corrected chi connectivity index (χ0v) is 18.4. The molecule has 0 spiro atoms. The molecule has 0 fully saturated rings. The fourth-order valence-electron chi connectivity index (χ4n) is 3.59. The zero-order chi connectivity index (χ0) is 21.1. The molecule has 0 saturated heterocycles. The van der Waals surface area contributed by atoms with Crippen LogP contribution in [0.2, 0.25) is 0 Å². The van der Waals surface area contributed by atoms with E-state index in [0.29, 0.717) is 21.3 Å². The summed E-state index contributed by atoms with van der Waals surface area (Å²) in [6, 6.07) is 23.1. The second-order valence-electron chi connectivity index (χ2n) is 6.74. The van der Waals surface area contributed by atoms with E-state index in [1.54, 1.807) is 14.2 Å². The monoisotopic (exact) mass is 438 g/mol. The normalized spacial score (nSPS) is 13.3. The van der Waals surface area contributed by atoms with Gasteiger partial charge in [0.1, 0.15) is 11.5 Å². The van der Waals surface area contributed by atoms with Crippen LogP contribution in [0.15, 0.2) is 82.6 Å². The summed E-state index contributed by atoms with van der Waals surface area (Å²) in [5.41, 5.74) is 0. The van der Waals surface area contributed by atoms with Gasteiger partial charge in [-0.15, -0.1) is 0 Å². The molecule has 0 aliphatic heterocycles. The van der Waals surface area contributed by atoms with Gasteiger partial charge in [0.15, 0.2) is 0 Å². The first-order valence-electron chi connectivity index (χ1n) is 9.52. The van der Waals surface area contributed by atoms with Gasteiger partial charge in [-0.1, -0.05) is 60.7 Å². The zero-order valence-electron chi connectivity index (χ0n) is 16.8. The summed E-state index contributed by atoms with van der Waals surface area (Å²) in [6.45, 7) is 0. The van der Waals surface area contributed by atoms with Gasteiger partial charge in [0.05, 0.1) is 45.6 Å². The van der Waals surface area contributed by atoms with Gasteiger partial charge in [0.2, 0.25) is 0 Å². The summed E-state index contributed by atoms with van der Waals surface area (Å²) in [6.07, 6.45) is 0. The minimum Gasteiger partial charge on any atom is -0.495 e. The predicted molar refractivity (Wildman–Crippen MR) is 124 cm³/mol. The molecule has 0 saturated carbocycles. The minimum absolute atomic E-state index is 0.253. The number of ether oxygens (including phenoxy) is 2. The van der Waals surface area contributed by atoms with Crippen LogP contribution in [0, 0.1) is 0 Å². The third-order valence-corrected chi connectivity index (χ3v) is 8.20. The SMILES string of the molecule is COc1ccc2ccccc2c1[S@](=O)CC[S@@](=O)c1c(OC)ccc2ccccc12. The molecule has 30 heavy (non-hydrogen) atoms. The Bertz CT molecular complexity index is 1170. The number of benzene rings is 4. The molecule has 4 rings (SSSR count). The lowest BCUT2D eigenvalue weighted by molar-refractivity contribution is 0.405. The molecule has 0 amide bonds. The van der Waals surface area contributed by atoms with Crippen molar-refractivity contribution >= 4 is 43.1 Å². The van der Waals surface area contributed by atoms with Gasteiger partial charge in [0, 0.05) is 22.3 Å². The third-order valence-electron chi connectivity index (χ3n) is 5.04. The van der Waals surface area contributed by atoms with Crippen molar-refractivity contribution in [3.05, 3.63) is 72.8 Å². The van der Waals surface area contributed by atoms with E-state index in [2.05, 4.69) is 0 Å². The first-order chi connectivity index (χ1) is 14.6. The highest BCUT2D eigenvalue weighted by atomic mass is 32.2. The minimum atomic E-state index is -1.36. The average Bonchev–Trinajstić information content (AvgIpc) is 2.80. The maximum atomic E-state index is 13.3. The summed E-state index contributed by atoms with van der Waals surface area (Å²) in [5, 5.41) is 3.78. The van der Waals surface area contributed by atoms with Gasteiger partial charge in [-0.25, -0.2) is 0 Å². The van der Waals surface area contributed by atoms with Gasteiger partial charge in [-0.05, 0) is 22.9 Å². The van der Waals surface area contributed by atoms with Gasteiger partial charge in [0.25, 0.3) is 0 Å². The second kappa shape index (κ2) is 8.98. The van der Waals surface area contributed by atoms with Crippen LogP contribution in [0.3, 0.4) is 0 Å². The molecule has 0 heterocycles. The molecule has 0 aliphatic carbocycles. The van der Waals surface area contributed by atoms with Crippen molar-refractivity contribution in [3.63, 3.8) is 0 Å². The lowest BCUT2D eigenvalue weighted by Gasteiger charge is -2.13. The maximum absolute atomic E-state index is 13.3. The van der Waals surface area contributed by atoms with Crippen LogP contribution >= 0.6 is 0 Å². The Kier molecular flexibility index (Phi) is 6.16. The van der Waals surface area contributed by atoms with E-state index in [-0.39, 0.29) is 11.5 Å². The number of hydrogen-bond donors (Lipinski definition) is 0. The Hall–Kier alpha value is -2.70. The van der Waals surface area contributed by atoms with E-state index in [0.717, 1.165) is 21.5 Å². The van der Waals surface area contributed by atoms with Crippen molar-refractivity contribution in [2.45, 2.75) is 9.79 Å². The Labute approximate surface area is 180 Å². The summed E-state index contributed by atoms with van der Waals surface area (Å²) in [4.78, 5) is 1.30. The Morgan fingerprint density at radius 3 is 1.40 bits per heavy atom. The topological polar surface area (TPSA) is 52.6 Å². The molecule has 0 N–H and O–H groups in total. The number of fused-ring (bicyclic) bond motifs is 2. The molecule has 0 unspecified atom stereocenters.